The SMILES string of the molecule is O=C(Nc1ccc(-c2nnc3n2CCCCC3)cc1)c1cc(Cl)ccc1[N+](=O)[O-]. The monoisotopic (exact) mass is 411 g/mol. The van der Waals surface area contributed by atoms with E-state index in [9.17, 15) is 14.9 Å². The Morgan fingerprint density at radius 1 is 1.10 bits per heavy atom. The lowest BCUT2D eigenvalue weighted by Gasteiger charge is -2.09. The molecular formula is C20H18ClN5O3. The number of aromatic nitrogens is 3. The third-order valence-corrected chi connectivity index (χ3v) is 5.15. The van der Waals surface area contributed by atoms with Crippen LogP contribution in [-0.4, -0.2) is 25.6 Å². The molecule has 0 unspecified atom stereocenters. The molecule has 148 valence electrons. The highest BCUT2D eigenvalue weighted by molar-refractivity contribution is 6.31. The molecule has 1 amide bonds. The minimum Gasteiger partial charge on any atom is -0.322 e. The fourth-order valence-electron chi connectivity index (χ4n) is 3.45. The molecule has 0 saturated carbocycles. The van der Waals surface area contributed by atoms with Crippen LogP contribution in [0.3, 0.4) is 0 Å². The Hall–Kier alpha value is -3.26. The van der Waals surface area contributed by atoms with E-state index in [0.717, 1.165) is 43.0 Å². The predicted molar refractivity (Wildman–Crippen MR) is 109 cm³/mol. The number of nitro groups is 1. The molecule has 29 heavy (non-hydrogen) atoms. The van der Waals surface area contributed by atoms with Gasteiger partial charge in [0.05, 0.1) is 4.92 Å². The molecule has 4 rings (SSSR count). The smallest absolute Gasteiger partial charge is 0.282 e. The highest BCUT2D eigenvalue weighted by Gasteiger charge is 2.21. The van der Waals surface area contributed by atoms with Crippen LogP contribution < -0.4 is 5.32 Å². The summed E-state index contributed by atoms with van der Waals surface area (Å²) in [6.07, 6.45) is 4.34. The maximum atomic E-state index is 12.5. The van der Waals surface area contributed by atoms with Gasteiger partial charge in [-0.15, -0.1) is 10.2 Å². The average Bonchev–Trinajstić information content (AvgIpc) is 2.96. The minimum absolute atomic E-state index is 0.0886. The number of aryl methyl sites for hydroxylation is 1. The van der Waals surface area contributed by atoms with Gasteiger partial charge in [0.2, 0.25) is 0 Å². The second kappa shape index (κ2) is 8.00. The summed E-state index contributed by atoms with van der Waals surface area (Å²) in [6.45, 7) is 0.897. The van der Waals surface area contributed by atoms with Crippen LogP contribution in [0.25, 0.3) is 11.4 Å². The van der Waals surface area contributed by atoms with Crippen molar-refractivity contribution in [1.82, 2.24) is 14.8 Å². The summed E-state index contributed by atoms with van der Waals surface area (Å²) in [5.41, 5.74) is 1.03. The molecule has 2 aromatic carbocycles. The van der Waals surface area contributed by atoms with Crippen molar-refractivity contribution in [2.75, 3.05) is 5.32 Å². The zero-order valence-corrected chi connectivity index (χ0v) is 16.2. The maximum Gasteiger partial charge on any atom is 0.282 e. The number of benzene rings is 2. The number of fused-ring (bicyclic) bond motifs is 1. The van der Waals surface area contributed by atoms with E-state index in [2.05, 4.69) is 20.1 Å². The van der Waals surface area contributed by atoms with Gasteiger partial charge < -0.3 is 9.88 Å². The Balaban J connectivity index is 1.55. The summed E-state index contributed by atoms with van der Waals surface area (Å²) in [4.78, 5) is 23.1. The van der Waals surface area contributed by atoms with E-state index in [1.165, 1.54) is 24.6 Å². The molecule has 2 heterocycles. The fraction of sp³-hybridized carbons (Fsp3) is 0.250. The van der Waals surface area contributed by atoms with E-state index in [4.69, 9.17) is 11.6 Å². The van der Waals surface area contributed by atoms with E-state index < -0.39 is 10.8 Å². The van der Waals surface area contributed by atoms with E-state index in [0.29, 0.717) is 5.69 Å². The van der Waals surface area contributed by atoms with Gasteiger partial charge in [0, 0.05) is 35.3 Å². The van der Waals surface area contributed by atoms with Gasteiger partial charge >= 0.3 is 0 Å². The highest BCUT2D eigenvalue weighted by atomic mass is 35.5. The molecule has 1 N–H and O–H groups in total. The first-order valence-corrected chi connectivity index (χ1v) is 9.68. The molecule has 0 saturated heterocycles. The standard InChI is InChI=1S/C20H18ClN5O3/c21-14-7-10-17(26(28)29)16(12-14)20(27)22-15-8-5-13(6-9-15)19-24-23-18-4-2-1-3-11-25(18)19/h5-10,12H,1-4,11H2,(H,22,27). The summed E-state index contributed by atoms with van der Waals surface area (Å²) in [6, 6.07) is 11.1. The quantitative estimate of drug-likeness (QED) is 0.503. The summed E-state index contributed by atoms with van der Waals surface area (Å²) >= 11 is 5.90. The summed E-state index contributed by atoms with van der Waals surface area (Å²) in [5.74, 6) is 1.22. The number of anilines is 1. The molecule has 1 aromatic heterocycles. The van der Waals surface area contributed by atoms with Crippen LogP contribution in [0.4, 0.5) is 11.4 Å². The molecular weight excluding hydrogens is 394 g/mol. The lowest BCUT2D eigenvalue weighted by Crippen LogP contribution is -2.14. The number of halogens is 1. The zero-order valence-electron chi connectivity index (χ0n) is 15.5. The largest absolute Gasteiger partial charge is 0.322 e. The van der Waals surface area contributed by atoms with Crippen LogP contribution in [0.1, 0.15) is 35.4 Å². The van der Waals surface area contributed by atoms with Crippen molar-refractivity contribution in [2.24, 2.45) is 0 Å². The van der Waals surface area contributed by atoms with Crippen LogP contribution in [0.15, 0.2) is 42.5 Å². The van der Waals surface area contributed by atoms with Crippen LogP contribution in [0.5, 0.6) is 0 Å². The number of hydrogen-bond donors (Lipinski definition) is 1. The molecule has 0 fully saturated rings. The number of nitro benzene ring substituents is 1. The molecule has 1 aliphatic rings. The number of rotatable bonds is 4. The first-order chi connectivity index (χ1) is 14.0. The maximum absolute atomic E-state index is 12.5. The molecule has 0 spiro atoms. The van der Waals surface area contributed by atoms with Crippen LogP contribution >= 0.6 is 11.6 Å². The third-order valence-electron chi connectivity index (χ3n) is 4.91. The number of carbonyl (C=O) groups excluding carboxylic acids is 1. The van der Waals surface area contributed by atoms with E-state index >= 15 is 0 Å². The molecule has 8 nitrogen and oxygen atoms in total. The van der Waals surface area contributed by atoms with Crippen molar-refractivity contribution in [2.45, 2.75) is 32.2 Å². The van der Waals surface area contributed by atoms with Crippen molar-refractivity contribution in [3.05, 3.63) is 69.0 Å². The Morgan fingerprint density at radius 2 is 1.90 bits per heavy atom. The summed E-state index contributed by atoms with van der Waals surface area (Å²) in [5, 5.41) is 22.7. The van der Waals surface area contributed by atoms with Crippen molar-refractivity contribution >= 4 is 28.9 Å². The van der Waals surface area contributed by atoms with Gasteiger partial charge in [-0.25, -0.2) is 0 Å². The second-order valence-corrected chi connectivity index (χ2v) is 7.29. The fourth-order valence-corrected chi connectivity index (χ4v) is 3.62. The Kier molecular flexibility index (Phi) is 5.26. The molecule has 0 bridgehead atoms. The first-order valence-electron chi connectivity index (χ1n) is 9.31. The molecule has 1 aliphatic heterocycles. The summed E-state index contributed by atoms with van der Waals surface area (Å²) in [7, 11) is 0. The molecule has 0 aliphatic carbocycles. The van der Waals surface area contributed by atoms with Crippen LogP contribution in [-0.2, 0) is 13.0 Å². The average molecular weight is 412 g/mol. The topological polar surface area (TPSA) is 103 Å². The Morgan fingerprint density at radius 3 is 2.66 bits per heavy atom. The molecule has 0 radical (unpaired) electrons. The summed E-state index contributed by atoms with van der Waals surface area (Å²) < 4.78 is 2.15. The number of amides is 1. The minimum atomic E-state index is -0.606. The number of carbonyl (C=O) groups is 1. The van der Waals surface area contributed by atoms with Crippen molar-refractivity contribution in [3.63, 3.8) is 0 Å². The Labute approximate surface area is 171 Å². The van der Waals surface area contributed by atoms with Crippen molar-refractivity contribution < 1.29 is 9.72 Å². The molecule has 9 heteroatoms. The van der Waals surface area contributed by atoms with E-state index in [-0.39, 0.29) is 16.3 Å². The first kappa shape index (κ1) is 19.1. The predicted octanol–water partition coefficient (Wildman–Crippen LogP) is 4.49. The van der Waals surface area contributed by atoms with Gasteiger partial charge in [-0.05, 0) is 49.2 Å². The lowest BCUT2D eigenvalue weighted by molar-refractivity contribution is -0.385. The molecule has 3 aromatic rings. The number of nitrogens with zero attached hydrogens (tertiary/aromatic N) is 4. The van der Waals surface area contributed by atoms with Gasteiger partial charge in [0.15, 0.2) is 5.82 Å². The number of hydrogen-bond acceptors (Lipinski definition) is 5. The van der Waals surface area contributed by atoms with E-state index in [1.54, 1.807) is 12.1 Å². The van der Waals surface area contributed by atoms with Gasteiger partial charge in [0.1, 0.15) is 11.4 Å². The van der Waals surface area contributed by atoms with E-state index in [1.807, 2.05) is 12.1 Å². The number of nitrogens with one attached hydrogen (secondary N) is 1. The second-order valence-electron chi connectivity index (χ2n) is 6.85. The van der Waals surface area contributed by atoms with Gasteiger partial charge in [-0.2, -0.15) is 0 Å². The van der Waals surface area contributed by atoms with Crippen LogP contribution in [0.2, 0.25) is 5.02 Å². The van der Waals surface area contributed by atoms with Crippen LogP contribution in [0, 0.1) is 10.1 Å². The highest BCUT2D eigenvalue weighted by Crippen LogP contribution is 2.26. The van der Waals surface area contributed by atoms with Gasteiger partial charge in [-0.1, -0.05) is 18.0 Å². The lowest BCUT2D eigenvalue weighted by atomic mass is 10.1. The van der Waals surface area contributed by atoms with Gasteiger partial charge in [-0.3, -0.25) is 14.9 Å². The van der Waals surface area contributed by atoms with Crippen molar-refractivity contribution in [1.29, 1.82) is 0 Å². The van der Waals surface area contributed by atoms with Gasteiger partial charge in [0.25, 0.3) is 11.6 Å². The normalized spacial score (nSPS) is 13.4. The molecule has 0 atom stereocenters. The van der Waals surface area contributed by atoms with Crippen molar-refractivity contribution in [3.8, 4) is 11.4 Å². The third kappa shape index (κ3) is 3.97. The Bertz CT molecular complexity index is 1080. The zero-order chi connectivity index (χ0) is 20.4.